The maximum atomic E-state index is 12.7. The monoisotopic (exact) mass is 261 g/mol. The molecular formula is C6H3ClF3NO3S. The summed E-state index contributed by atoms with van der Waals surface area (Å²) in [5, 5.41) is 7.73. The van der Waals surface area contributed by atoms with Crippen molar-refractivity contribution in [1.29, 1.82) is 0 Å². The molecule has 0 aromatic carbocycles. The van der Waals surface area contributed by atoms with Gasteiger partial charge in [0.1, 0.15) is 5.69 Å². The molecule has 1 rings (SSSR count). The first-order valence-corrected chi connectivity index (χ1v) is 5.66. The standard InChI is InChI=1S/C6H3ClF3NO3S/c7-15(13,14)6-3(12)1-2(8)4(11-6)5(9)10/h1,5,12H. The Bertz CT molecular complexity index is 491. The lowest BCUT2D eigenvalue weighted by atomic mass is 10.3. The van der Waals surface area contributed by atoms with Crippen molar-refractivity contribution in [2.75, 3.05) is 0 Å². The third kappa shape index (κ3) is 2.51. The van der Waals surface area contributed by atoms with Crippen molar-refractivity contribution in [2.45, 2.75) is 11.5 Å². The number of rotatable bonds is 2. The normalized spacial score (nSPS) is 12.1. The molecule has 4 nitrogen and oxygen atoms in total. The van der Waals surface area contributed by atoms with Crippen LogP contribution in [0.5, 0.6) is 5.75 Å². The minimum absolute atomic E-state index is 0.212. The van der Waals surface area contributed by atoms with Crippen molar-refractivity contribution in [3.05, 3.63) is 17.6 Å². The average Bonchev–Trinajstić information content (AvgIpc) is 2.00. The zero-order chi connectivity index (χ0) is 11.8. The molecule has 0 atom stereocenters. The first kappa shape index (κ1) is 12.1. The molecule has 84 valence electrons. The zero-order valence-corrected chi connectivity index (χ0v) is 8.36. The van der Waals surface area contributed by atoms with Gasteiger partial charge in [-0.3, -0.25) is 0 Å². The van der Waals surface area contributed by atoms with E-state index in [1.54, 1.807) is 0 Å². The summed E-state index contributed by atoms with van der Waals surface area (Å²) in [5.41, 5.74) is -1.38. The second-order valence-corrected chi connectivity index (χ2v) is 4.90. The number of aromatic nitrogens is 1. The first-order valence-electron chi connectivity index (χ1n) is 3.35. The Hall–Kier alpha value is -1.02. The molecule has 1 aromatic rings. The molecule has 0 saturated carbocycles. The van der Waals surface area contributed by atoms with Gasteiger partial charge in [0.15, 0.2) is 11.6 Å². The van der Waals surface area contributed by atoms with Gasteiger partial charge in [0.05, 0.1) is 0 Å². The summed E-state index contributed by atoms with van der Waals surface area (Å²) in [4.78, 5) is 2.75. The summed E-state index contributed by atoms with van der Waals surface area (Å²) >= 11 is 0. The predicted octanol–water partition coefficient (Wildman–Crippen LogP) is 1.79. The highest BCUT2D eigenvalue weighted by Gasteiger charge is 2.24. The number of alkyl halides is 2. The fourth-order valence-corrected chi connectivity index (χ4v) is 1.67. The molecule has 0 radical (unpaired) electrons. The summed E-state index contributed by atoms with van der Waals surface area (Å²) < 4.78 is 58.4. The van der Waals surface area contributed by atoms with E-state index >= 15 is 0 Å². The molecule has 15 heavy (non-hydrogen) atoms. The molecule has 0 aliphatic rings. The lowest BCUT2D eigenvalue weighted by molar-refractivity contribution is 0.139. The molecule has 0 aliphatic heterocycles. The Morgan fingerprint density at radius 1 is 1.47 bits per heavy atom. The Morgan fingerprint density at radius 2 is 2.00 bits per heavy atom. The van der Waals surface area contributed by atoms with E-state index in [1.807, 2.05) is 0 Å². The summed E-state index contributed by atoms with van der Waals surface area (Å²) in [6.07, 6.45) is -3.30. The molecule has 1 N–H and O–H groups in total. The second-order valence-electron chi connectivity index (χ2n) is 2.42. The van der Waals surface area contributed by atoms with Gasteiger partial charge in [-0.05, 0) is 0 Å². The molecule has 1 aromatic heterocycles. The largest absolute Gasteiger partial charge is 0.505 e. The molecule has 1 heterocycles. The molecule has 0 amide bonds. The highest BCUT2D eigenvalue weighted by atomic mass is 35.7. The zero-order valence-electron chi connectivity index (χ0n) is 6.79. The van der Waals surface area contributed by atoms with Crippen LogP contribution in [0.15, 0.2) is 11.1 Å². The van der Waals surface area contributed by atoms with Crippen molar-refractivity contribution >= 4 is 19.7 Å². The molecule has 0 unspecified atom stereocenters. The highest BCUT2D eigenvalue weighted by molar-refractivity contribution is 8.13. The van der Waals surface area contributed by atoms with Crippen LogP contribution in [-0.2, 0) is 9.05 Å². The van der Waals surface area contributed by atoms with Crippen molar-refractivity contribution in [2.24, 2.45) is 0 Å². The molecule has 0 bridgehead atoms. The van der Waals surface area contributed by atoms with E-state index in [-0.39, 0.29) is 6.07 Å². The van der Waals surface area contributed by atoms with Crippen molar-refractivity contribution in [1.82, 2.24) is 4.98 Å². The number of hydrogen-bond acceptors (Lipinski definition) is 4. The molecule has 0 aliphatic carbocycles. The van der Waals surface area contributed by atoms with Crippen LogP contribution >= 0.6 is 10.7 Å². The highest BCUT2D eigenvalue weighted by Crippen LogP contribution is 2.29. The maximum absolute atomic E-state index is 12.7. The summed E-state index contributed by atoms with van der Waals surface area (Å²) in [6.45, 7) is 0. The predicted molar refractivity (Wildman–Crippen MR) is 43.9 cm³/mol. The Balaban J connectivity index is 3.50. The van der Waals surface area contributed by atoms with E-state index in [0.717, 1.165) is 0 Å². The average molecular weight is 262 g/mol. The van der Waals surface area contributed by atoms with Gasteiger partial charge < -0.3 is 5.11 Å². The quantitative estimate of drug-likeness (QED) is 0.824. The third-order valence-corrected chi connectivity index (χ3v) is 2.59. The molecule has 9 heteroatoms. The lowest BCUT2D eigenvalue weighted by Gasteiger charge is -2.04. The number of hydrogen-bond donors (Lipinski definition) is 1. The van der Waals surface area contributed by atoms with Gasteiger partial charge >= 0.3 is 0 Å². The number of pyridine rings is 1. The van der Waals surface area contributed by atoms with Crippen molar-refractivity contribution in [3.8, 4) is 5.75 Å². The third-order valence-electron chi connectivity index (χ3n) is 1.39. The minimum Gasteiger partial charge on any atom is -0.505 e. The number of nitrogens with zero attached hydrogens (tertiary/aromatic N) is 1. The fourth-order valence-electron chi connectivity index (χ4n) is 0.808. The minimum atomic E-state index is -4.50. The fraction of sp³-hybridized carbons (Fsp3) is 0.167. The molecule has 0 saturated heterocycles. The maximum Gasteiger partial charge on any atom is 0.283 e. The van der Waals surface area contributed by atoms with Crippen LogP contribution in [0, 0.1) is 5.82 Å². The van der Waals surface area contributed by atoms with Crippen LogP contribution in [-0.4, -0.2) is 18.5 Å². The van der Waals surface area contributed by atoms with Crippen LogP contribution in [0.2, 0.25) is 0 Å². The second kappa shape index (κ2) is 3.86. The van der Waals surface area contributed by atoms with E-state index in [0.29, 0.717) is 0 Å². The first-order chi connectivity index (χ1) is 6.73. The van der Waals surface area contributed by atoms with Gasteiger partial charge in [-0.2, -0.15) is 0 Å². The van der Waals surface area contributed by atoms with Gasteiger partial charge in [-0.15, -0.1) is 0 Å². The lowest BCUT2D eigenvalue weighted by Crippen LogP contribution is -2.03. The van der Waals surface area contributed by atoms with E-state index < -0.39 is 37.8 Å². The molecular weight excluding hydrogens is 259 g/mol. The Kier molecular flexibility index (Phi) is 3.10. The van der Waals surface area contributed by atoms with Crippen LogP contribution in [0.3, 0.4) is 0 Å². The van der Waals surface area contributed by atoms with Crippen molar-refractivity contribution in [3.63, 3.8) is 0 Å². The Labute approximate surface area is 86.7 Å². The van der Waals surface area contributed by atoms with Gasteiger partial charge in [-0.25, -0.2) is 26.6 Å². The van der Waals surface area contributed by atoms with Crippen LogP contribution in [0.1, 0.15) is 12.1 Å². The van der Waals surface area contributed by atoms with Crippen LogP contribution in [0.4, 0.5) is 13.2 Å². The smallest absolute Gasteiger partial charge is 0.283 e. The van der Waals surface area contributed by atoms with Gasteiger partial charge in [0, 0.05) is 16.7 Å². The number of aromatic hydroxyl groups is 1. The summed E-state index contributed by atoms with van der Waals surface area (Å²) in [7, 11) is 0.280. The van der Waals surface area contributed by atoms with Gasteiger partial charge in [0.25, 0.3) is 15.5 Å². The Morgan fingerprint density at radius 3 is 2.40 bits per heavy atom. The van der Waals surface area contributed by atoms with Crippen LogP contribution < -0.4 is 0 Å². The van der Waals surface area contributed by atoms with Gasteiger partial charge in [0.2, 0.25) is 5.03 Å². The summed E-state index contributed by atoms with van der Waals surface area (Å²) in [6, 6.07) is 0.212. The van der Waals surface area contributed by atoms with Crippen molar-refractivity contribution < 1.29 is 26.7 Å². The van der Waals surface area contributed by atoms with E-state index in [1.165, 1.54) is 0 Å². The number of halogens is 4. The van der Waals surface area contributed by atoms with E-state index in [9.17, 15) is 21.6 Å². The summed E-state index contributed by atoms with van der Waals surface area (Å²) in [5.74, 6) is -2.63. The topological polar surface area (TPSA) is 67.3 Å². The van der Waals surface area contributed by atoms with Crippen LogP contribution in [0.25, 0.3) is 0 Å². The van der Waals surface area contributed by atoms with Gasteiger partial charge in [-0.1, -0.05) is 0 Å². The van der Waals surface area contributed by atoms with E-state index in [4.69, 9.17) is 15.8 Å². The van der Waals surface area contributed by atoms with E-state index in [2.05, 4.69) is 4.98 Å². The molecule has 0 spiro atoms. The SMILES string of the molecule is O=S(=O)(Cl)c1nc(C(F)F)c(F)cc1O. The molecule has 0 fully saturated rings.